The highest BCUT2D eigenvalue weighted by atomic mass is 15.5. The minimum atomic E-state index is 0.0316. The molecule has 6 nitrogen and oxygen atoms in total. The number of aromatic amines is 1. The zero-order valence-electron chi connectivity index (χ0n) is 12.8. The van der Waals surface area contributed by atoms with E-state index in [0.717, 1.165) is 29.4 Å². The van der Waals surface area contributed by atoms with Gasteiger partial charge in [-0.2, -0.15) is 5.21 Å². The number of para-hydroxylation sites is 1. The van der Waals surface area contributed by atoms with Crippen LogP contribution in [-0.4, -0.2) is 25.6 Å². The number of H-pyrrole nitrogens is 1. The molecule has 1 atom stereocenters. The smallest absolute Gasteiger partial charge is 0.196 e. The molecule has 1 aromatic carbocycles. The summed E-state index contributed by atoms with van der Waals surface area (Å²) in [6.07, 6.45) is 3.89. The van der Waals surface area contributed by atoms with Crippen LogP contribution in [0, 0.1) is 5.92 Å². The second-order valence-electron chi connectivity index (χ2n) is 5.85. The van der Waals surface area contributed by atoms with Crippen molar-refractivity contribution >= 4 is 16.6 Å². The number of hydrogen-bond acceptors (Lipinski definition) is 5. The summed E-state index contributed by atoms with van der Waals surface area (Å²) in [6, 6.07) is 10.2. The molecule has 114 valence electrons. The zero-order valence-corrected chi connectivity index (χ0v) is 12.8. The van der Waals surface area contributed by atoms with Crippen LogP contribution in [0.3, 0.4) is 0 Å². The third-order valence-corrected chi connectivity index (χ3v) is 3.64. The topological polar surface area (TPSA) is 79.4 Å². The Bertz CT molecular complexity index is 722. The van der Waals surface area contributed by atoms with Gasteiger partial charge in [-0.1, -0.05) is 37.3 Å². The van der Waals surface area contributed by atoms with Crippen LogP contribution in [0.4, 0.5) is 5.69 Å². The maximum absolute atomic E-state index is 4.48. The van der Waals surface area contributed by atoms with Gasteiger partial charge in [0.05, 0.1) is 23.4 Å². The molecule has 2 heterocycles. The number of benzene rings is 1. The van der Waals surface area contributed by atoms with E-state index >= 15 is 0 Å². The largest absolute Gasteiger partial charge is 0.374 e. The summed E-state index contributed by atoms with van der Waals surface area (Å²) in [6.45, 7) is 4.43. The van der Waals surface area contributed by atoms with E-state index in [1.54, 1.807) is 0 Å². The van der Waals surface area contributed by atoms with Gasteiger partial charge in [0.15, 0.2) is 5.82 Å². The number of aromatic nitrogens is 5. The average Bonchev–Trinajstić information content (AvgIpc) is 3.05. The monoisotopic (exact) mass is 296 g/mol. The van der Waals surface area contributed by atoms with Crippen molar-refractivity contribution in [2.45, 2.75) is 32.7 Å². The molecule has 22 heavy (non-hydrogen) atoms. The minimum Gasteiger partial charge on any atom is -0.374 e. The highest BCUT2D eigenvalue weighted by molar-refractivity contribution is 5.81. The van der Waals surface area contributed by atoms with Crippen LogP contribution >= 0.6 is 0 Å². The molecule has 0 bridgehead atoms. The van der Waals surface area contributed by atoms with Gasteiger partial charge in [0, 0.05) is 5.39 Å². The van der Waals surface area contributed by atoms with Crippen LogP contribution in [0.1, 0.15) is 38.6 Å². The van der Waals surface area contributed by atoms with Gasteiger partial charge in [-0.3, -0.25) is 4.98 Å². The molecule has 0 aliphatic heterocycles. The highest BCUT2D eigenvalue weighted by Crippen LogP contribution is 2.24. The van der Waals surface area contributed by atoms with Crippen molar-refractivity contribution in [3.63, 3.8) is 0 Å². The molecule has 2 N–H and O–H groups in total. The van der Waals surface area contributed by atoms with Crippen molar-refractivity contribution in [2.75, 3.05) is 5.32 Å². The summed E-state index contributed by atoms with van der Waals surface area (Å²) in [4.78, 5) is 4.48. The molecule has 0 radical (unpaired) electrons. The first-order valence-electron chi connectivity index (χ1n) is 7.57. The molecule has 1 unspecified atom stereocenters. The van der Waals surface area contributed by atoms with Gasteiger partial charge in [0.1, 0.15) is 0 Å². The summed E-state index contributed by atoms with van der Waals surface area (Å²) in [5.74, 6) is 1.32. The highest BCUT2D eigenvalue weighted by Gasteiger charge is 2.17. The van der Waals surface area contributed by atoms with Crippen LogP contribution in [0.25, 0.3) is 10.9 Å². The number of anilines is 1. The van der Waals surface area contributed by atoms with E-state index in [1.165, 1.54) is 0 Å². The van der Waals surface area contributed by atoms with Crippen LogP contribution in [-0.2, 0) is 0 Å². The standard InChI is InChI=1S/C16H20N6/c1-11(2)7-8-15(16-19-21-22-20-16)18-13-9-12-5-3-4-6-14(12)17-10-13/h3-6,9-11,15,18H,7-8H2,1-2H3,(H,19,20,21,22). The van der Waals surface area contributed by atoms with Crippen LogP contribution in [0.2, 0.25) is 0 Å². The summed E-state index contributed by atoms with van der Waals surface area (Å²) >= 11 is 0. The Kier molecular flexibility index (Phi) is 4.27. The zero-order chi connectivity index (χ0) is 15.4. The molecule has 0 saturated heterocycles. The molecule has 0 spiro atoms. The summed E-state index contributed by atoms with van der Waals surface area (Å²) in [5.41, 5.74) is 1.96. The summed E-state index contributed by atoms with van der Waals surface area (Å²) < 4.78 is 0. The van der Waals surface area contributed by atoms with Crippen LogP contribution < -0.4 is 5.32 Å². The second-order valence-corrected chi connectivity index (χ2v) is 5.85. The lowest BCUT2D eigenvalue weighted by molar-refractivity contribution is 0.511. The number of nitrogens with one attached hydrogen (secondary N) is 2. The van der Waals surface area contributed by atoms with Gasteiger partial charge < -0.3 is 5.32 Å². The molecule has 0 aliphatic carbocycles. The van der Waals surface area contributed by atoms with E-state index in [4.69, 9.17) is 0 Å². The van der Waals surface area contributed by atoms with Gasteiger partial charge in [0.2, 0.25) is 0 Å². The Morgan fingerprint density at radius 3 is 2.82 bits per heavy atom. The lowest BCUT2D eigenvalue weighted by atomic mass is 10.0. The molecule has 6 heteroatoms. The van der Waals surface area contributed by atoms with E-state index in [-0.39, 0.29) is 6.04 Å². The van der Waals surface area contributed by atoms with Gasteiger partial charge in [-0.05, 0) is 30.9 Å². The van der Waals surface area contributed by atoms with Crippen LogP contribution in [0.15, 0.2) is 36.5 Å². The van der Waals surface area contributed by atoms with Crippen molar-refractivity contribution < 1.29 is 0 Å². The molecule has 0 amide bonds. The van der Waals surface area contributed by atoms with E-state index in [0.29, 0.717) is 11.7 Å². The normalized spacial score (nSPS) is 12.7. The molecule has 0 aliphatic rings. The SMILES string of the molecule is CC(C)CCC(Nc1cnc2ccccc2c1)c1nn[nH]n1. The molecular formula is C16H20N6. The minimum absolute atomic E-state index is 0.0316. The number of fused-ring (bicyclic) bond motifs is 1. The summed E-state index contributed by atoms with van der Waals surface area (Å²) in [5, 5.41) is 19.0. The lowest BCUT2D eigenvalue weighted by Gasteiger charge is -2.17. The van der Waals surface area contributed by atoms with Gasteiger partial charge in [0.25, 0.3) is 0 Å². The van der Waals surface area contributed by atoms with Gasteiger partial charge >= 0.3 is 0 Å². The van der Waals surface area contributed by atoms with E-state index in [2.05, 4.69) is 56.9 Å². The van der Waals surface area contributed by atoms with E-state index < -0.39 is 0 Å². The van der Waals surface area contributed by atoms with Crippen LogP contribution in [0.5, 0.6) is 0 Å². The third-order valence-electron chi connectivity index (χ3n) is 3.64. The number of nitrogens with zero attached hydrogens (tertiary/aromatic N) is 4. The quantitative estimate of drug-likeness (QED) is 0.729. The van der Waals surface area contributed by atoms with E-state index in [1.807, 2.05) is 24.4 Å². The Balaban J connectivity index is 1.81. The third kappa shape index (κ3) is 3.39. The fraction of sp³-hybridized carbons (Fsp3) is 0.375. The maximum Gasteiger partial charge on any atom is 0.196 e. The molecule has 3 rings (SSSR count). The number of rotatable bonds is 6. The van der Waals surface area contributed by atoms with Crippen molar-refractivity contribution in [1.82, 2.24) is 25.6 Å². The Morgan fingerprint density at radius 1 is 1.18 bits per heavy atom. The molecule has 0 saturated carbocycles. The number of hydrogen-bond donors (Lipinski definition) is 2. The summed E-state index contributed by atoms with van der Waals surface area (Å²) in [7, 11) is 0. The maximum atomic E-state index is 4.48. The Labute approximate surface area is 129 Å². The predicted molar refractivity (Wildman–Crippen MR) is 86.4 cm³/mol. The fourth-order valence-electron chi connectivity index (χ4n) is 2.43. The Morgan fingerprint density at radius 2 is 2.05 bits per heavy atom. The van der Waals surface area contributed by atoms with Crippen molar-refractivity contribution in [2.24, 2.45) is 5.92 Å². The first kappa shape index (κ1) is 14.4. The van der Waals surface area contributed by atoms with Crippen molar-refractivity contribution in [3.8, 4) is 0 Å². The average molecular weight is 296 g/mol. The molecular weight excluding hydrogens is 276 g/mol. The molecule has 0 fully saturated rings. The number of pyridine rings is 1. The lowest BCUT2D eigenvalue weighted by Crippen LogP contribution is -2.14. The first-order chi connectivity index (χ1) is 10.7. The van der Waals surface area contributed by atoms with Crippen molar-refractivity contribution in [1.29, 1.82) is 0 Å². The van der Waals surface area contributed by atoms with Crippen molar-refractivity contribution in [3.05, 3.63) is 42.4 Å². The first-order valence-corrected chi connectivity index (χ1v) is 7.57. The van der Waals surface area contributed by atoms with Gasteiger partial charge in [-0.15, -0.1) is 10.2 Å². The van der Waals surface area contributed by atoms with Gasteiger partial charge in [-0.25, -0.2) is 0 Å². The molecule has 2 aromatic heterocycles. The van der Waals surface area contributed by atoms with E-state index in [9.17, 15) is 0 Å². The number of tetrazole rings is 1. The second kappa shape index (κ2) is 6.51. The molecule has 3 aromatic rings. The Hall–Kier alpha value is -2.50. The predicted octanol–water partition coefficient (Wildman–Crippen LogP) is 3.34. The fourth-order valence-corrected chi connectivity index (χ4v) is 2.43.